The summed E-state index contributed by atoms with van der Waals surface area (Å²) in [5, 5.41) is 0. The Balaban J connectivity index is 2.61. The third-order valence-corrected chi connectivity index (χ3v) is 2.23. The van der Waals surface area contributed by atoms with Gasteiger partial charge in [0.1, 0.15) is 0 Å². The maximum atomic E-state index is 4.28. The molecule has 1 aromatic rings. The van der Waals surface area contributed by atoms with Crippen molar-refractivity contribution in [1.29, 1.82) is 0 Å². The fourth-order valence-electron chi connectivity index (χ4n) is 1.54. The van der Waals surface area contributed by atoms with E-state index >= 15 is 0 Å². The predicted octanol–water partition coefficient (Wildman–Crippen LogP) is 4.17. The van der Waals surface area contributed by atoms with Gasteiger partial charge in [0.25, 0.3) is 0 Å². The van der Waals surface area contributed by atoms with Gasteiger partial charge in [-0.2, -0.15) is 0 Å². The van der Waals surface area contributed by atoms with Crippen molar-refractivity contribution in [2.24, 2.45) is 4.99 Å². The highest BCUT2D eigenvalue weighted by molar-refractivity contribution is 5.95. The first kappa shape index (κ1) is 12.4. The molecule has 0 heterocycles. The Hall–Kier alpha value is -1.63. The number of rotatable bonds is 5. The molecule has 1 aromatic carbocycles. The highest BCUT2D eigenvalue weighted by atomic mass is 14.7. The lowest BCUT2D eigenvalue weighted by atomic mass is 10.1. The van der Waals surface area contributed by atoms with E-state index in [4.69, 9.17) is 0 Å². The van der Waals surface area contributed by atoms with E-state index < -0.39 is 0 Å². The van der Waals surface area contributed by atoms with Gasteiger partial charge in [-0.3, -0.25) is 4.99 Å². The van der Waals surface area contributed by atoms with E-state index in [2.05, 4.69) is 55.8 Å². The average molecular weight is 213 g/mol. The van der Waals surface area contributed by atoms with E-state index in [1.54, 1.807) is 6.20 Å². The van der Waals surface area contributed by atoms with E-state index in [9.17, 15) is 0 Å². The van der Waals surface area contributed by atoms with Crippen LogP contribution in [-0.4, -0.2) is 5.71 Å². The fraction of sp³-hybridized carbons (Fsp3) is 0.267. The summed E-state index contributed by atoms with van der Waals surface area (Å²) < 4.78 is 0. The number of allylic oxidation sites excluding steroid dienone is 2. The Labute approximate surface area is 98.2 Å². The van der Waals surface area contributed by atoms with Crippen molar-refractivity contribution in [3.05, 3.63) is 60.3 Å². The van der Waals surface area contributed by atoms with Crippen LogP contribution >= 0.6 is 0 Å². The second-order valence-corrected chi connectivity index (χ2v) is 4.01. The highest BCUT2D eigenvalue weighted by Crippen LogP contribution is 2.05. The molecule has 0 N–H and O–H groups in total. The van der Waals surface area contributed by atoms with Gasteiger partial charge >= 0.3 is 0 Å². The van der Waals surface area contributed by atoms with Crippen LogP contribution in [0.4, 0.5) is 0 Å². The van der Waals surface area contributed by atoms with Gasteiger partial charge in [-0.25, -0.2) is 0 Å². The number of hydrogen-bond acceptors (Lipinski definition) is 1. The zero-order chi connectivity index (χ0) is 11.8. The minimum Gasteiger partial charge on any atom is -0.262 e. The van der Waals surface area contributed by atoms with Crippen LogP contribution in [0.1, 0.15) is 25.8 Å². The summed E-state index contributed by atoms with van der Waals surface area (Å²) in [4.78, 5) is 4.28. The summed E-state index contributed by atoms with van der Waals surface area (Å²) >= 11 is 0. The summed E-state index contributed by atoms with van der Waals surface area (Å²) in [5.74, 6) is 0. The average Bonchev–Trinajstić information content (AvgIpc) is 2.27. The molecule has 0 aliphatic carbocycles. The molecule has 0 atom stereocenters. The molecule has 0 unspecified atom stereocenters. The first-order valence-corrected chi connectivity index (χ1v) is 5.59. The molecule has 0 aromatic heterocycles. The zero-order valence-corrected chi connectivity index (χ0v) is 10.1. The standard InChI is InChI=1S/C15H19N/c1-4-16-15(12-13(2)3)11-10-14-8-6-5-7-9-14/h4-9,12H,1,10-11H2,2-3H3. The molecule has 0 bridgehead atoms. The molecule has 0 fully saturated rings. The summed E-state index contributed by atoms with van der Waals surface area (Å²) in [5.41, 5.74) is 3.72. The van der Waals surface area contributed by atoms with Gasteiger partial charge in [-0.15, -0.1) is 0 Å². The van der Waals surface area contributed by atoms with Gasteiger partial charge in [0.15, 0.2) is 0 Å². The van der Waals surface area contributed by atoms with E-state index in [0.29, 0.717) is 0 Å². The fourth-order valence-corrected chi connectivity index (χ4v) is 1.54. The van der Waals surface area contributed by atoms with Crippen molar-refractivity contribution < 1.29 is 0 Å². The summed E-state index contributed by atoms with van der Waals surface area (Å²) in [6.07, 6.45) is 5.71. The monoisotopic (exact) mass is 213 g/mol. The molecule has 1 heteroatoms. The van der Waals surface area contributed by atoms with Gasteiger partial charge in [0, 0.05) is 11.9 Å². The molecule has 0 saturated carbocycles. The van der Waals surface area contributed by atoms with Crippen molar-refractivity contribution in [1.82, 2.24) is 0 Å². The van der Waals surface area contributed by atoms with Crippen molar-refractivity contribution >= 4 is 5.71 Å². The number of aliphatic imine (C=N–C) groups is 1. The first-order valence-electron chi connectivity index (χ1n) is 5.59. The van der Waals surface area contributed by atoms with Crippen LogP contribution < -0.4 is 0 Å². The SMILES string of the molecule is C=CN=C(C=C(C)C)CCc1ccccc1. The maximum Gasteiger partial charge on any atom is 0.0405 e. The van der Waals surface area contributed by atoms with Crippen molar-refractivity contribution in [2.45, 2.75) is 26.7 Å². The molecular formula is C15H19N. The molecule has 0 radical (unpaired) electrons. The van der Waals surface area contributed by atoms with Crippen LogP contribution in [0.5, 0.6) is 0 Å². The molecule has 1 rings (SSSR count). The normalized spacial score (nSPS) is 11.0. The van der Waals surface area contributed by atoms with Gasteiger partial charge < -0.3 is 0 Å². The lowest BCUT2D eigenvalue weighted by Crippen LogP contribution is -1.97. The molecule has 0 aliphatic rings. The van der Waals surface area contributed by atoms with E-state index in [1.165, 1.54) is 11.1 Å². The van der Waals surface area contributed by atoms with Gasteiger partial charge in [0.05, 0.1) is 0 Å². The highest BCUT2D eigenvalue weighted by Gasteiger charge is 1.97. The minimum atomic E-state index is 0.960. The largest absolute Gasteiger partial charge is 0.262 e. The first-order chi connectivity index (χ1) is 7.72. The Bertz CT molecular complexity index is 381. The Morgan fingerprint density at radius 2 is 1.94 bits per heavy atom. The smallest absolute Gasteiger partial charge is 0.0405 e. The second kappa shape index (κ2) is 6.78. The van der Waals surface area contributed by atoms with Crippen LogP contribution in [0.2, 0.25) is 0 Å². The van der Waals surface area contributed by atoms with Crippen molar-refractivity contribution in [2.75, 3.05) is 0 Å². The van der Waals surface area contributed by atoms with Crippen LogP contribution in [-0.2, 0) is 6.42 Å². The number of nitrogens with zero attached hydrogens (tertiary/aromatic N) is 1. The molecule has 0 aliphatic heterocycles. The van der Waals surface area contributed by atoms with Crippen LogP contribution in [0.25, 0.3) is 0 Å². The van der Waals surface area contributed by atoms with Crippen molar-refractivity contribution in [3.63, 3.8) is 0 Å². The van der Waals surface area contributed by atoms with Crippen LogP contribution in [0.3, 0.4) is 0 Å². The molecular weight excluding hydrogens is 194 g/mol. The van der Waals surface area contributed by atoms with E-state index in [1.807, 2.05) is 6.07 Å². The van der Waals surface area contributed by atoms with Gasteiger partial charge in [-0.05, 0) is 38.3 Å². The number of hydrogen-bond donors (Lipinski definition) is 0. The van der Waals surface area contributed by atoms with Gasteiger partial charge in [0.2, 0.25) is 0 Å². The summed E-state index contributed by atoms with van der Waals surface area (Å²) in [6.45, 7) is 7.81. The number of benzene rings is 1. The summed E-state index contributed by atoms with van der Waals surface area (Å²) in [7, 11) is 0. The topological polar surface area (TPSA) is 12.4 Å². The summed E-state index contributed by atoms with van der Waals surface area (Å²) in [6, 6.07) is 10.5. The molecule has 0 saturated heterocycles. The Morgan fingerprint density at radius 3 is 2.50 bits per heavy atom. The molecule has 0 spiro atoms. The minimum absolute atomic E-state index is 0.960. The lowest BCUT2D eigenvalue weighted by molar-refractivity contribution is 1.04. The quantitative estimate of drug-likeness (QED) is 0.651. The molecule has 0 amide bonds. The Morgan fingerprint density at radius 1 is 1.25 bits per heavy atom. The number of aryl methyl sites for hydroxylation is 1. The van der Waals surface area contributed by atoms with Crippen LogP contribution in [0.15, 0.2) is 59.8 Å². The second-order valence-electron chi connectivity index (χ2n) is 4.01. The van der Waals surface area contributed by atoms with Crippen molar-refractivity contribution in [3.8, 4) is 0 Å². The molecule has 1 nitrogen and oxygen atoms in total. The van der Waals surface area contributed by atoms with Gasteiger partial charge in [-0.1, -0.05) is 42.5 Å². The lowest BCUT2D eigenvalue weighted by Gasteiger charge is -2.02. The van der Waals surface area contributed by atoms with E-state index in [0.717, 1.165) is 18.6 Å². The van der Waals surface area contributed by atoms with Crippen LogP contribution in [0, 0.1) is 0 Å². The molecule has 84 valence electrons. The third-order valence-electron chi connectivity index (χ3n) is 2.23. The third kappa shape index (κ3) is 4.74. The molecule has 16 heavy (non-hydrogen) atoms. The Kier molecular flexibility index (Phi) is 5.27. The predicted molar refractivity (Wildman–Crippen MR) is 71.8 cm³/mol. The zero-order valence-electron chi connectivity index (χ0n) is 10.1. The van der Waals surface area contributed by atoms with E-state index in [-0.39, 0.29) is 0 Å². The maximum absolute atomic E-state index is 4.28.